The molecular formula is C19H26N2O3S. The first kappa shape index (κ1) is 18.5. The lowest BCUT2D eigenvalue weighted by Crippen LogP contribution is -2.47. The second kappa shape index (κ2) is 7.91. The Kier molecular flexibility index (Phi) is 5.84. The summed E-state index contributed by atoms with van der Waals surface area (Å²) in [6.07, 6.45) is 3.89. The van der Waals surface area contributed by atoms with Gasteiger partial charge in [0.2, 0.25) is 5.89 Å². The van der Waals surface area contributed by atoms with Gasteiger partial charge in [-0.15, -0.1) is 11.8 Å². The van der Waals surface area contributed by atoms with Gasteiger partial charge in [-0.2, -0.15) is 0 Å². The van der Waals surface area contributed by atoms with Gasteiger partial charge < -0.3 is 14.6 Å². The summed E-state index contributed by atoms with van der Waals surface area (Å²) in [6.45, 7) is 4.29. The van der Waals surface area contributed by atoms with Crippen molar-refractivity contribution < 1.29 is 14.6 Å². The minimum atomic E-state index is -0.396. The van der Waals surface area contributed by atoms with Crippen LogP contribution in [-0.4, -0.2) is 52.7 Å². The van der Waals surface area contributed by atoms with E-state index < -0.39 is 5.41 Å². The van der Waals surface area contributed by atoms with Crippen LogP contribution in [0.5, 0.6) is 0 Å². The Morgan fingerprint density at radius 1 is 1.24 bits per heavy atom. The van der Waals surface area contributed by atoms with Gasteiger partial charge in [0, 0.05) is 29.0 Å². The van der Waals surface area contributed by atoms with Crippen molar-refractivity contribution in [2.24, 2.45) is 5.41 Å². The third-order valence-electron chi connectivity index (χ3n) is 5.01. The van der Waals surface area contributed by atoms with Crippen LogP contribution in [0, 0.1) is 12.3 Å². The molecule has 2 heterocycles. The molecule has 1 aliphatic heterocycles. The Morgan fingerprint density at radius 3 is 2.60 bits per heavy atom. The van der Waals surface area contributed by atoms with E-state index in [9.17, 15) is 10.2 Å². The van der Waals surface area contributed by atoms with Crippen molar-refractivity contribution in [3.05, 3.63) is 35.7 Å². The highest BCUT2D eigenvalue weighted by atomic mass is 32.2. The fourth-order valence-corrected chi connectivity index (χ4v) is 3.81. The fourth-order valence-electron chi connectivity index (χ4n) is 3.40. The van der Waals surface area contributed by atoms with Crippen LogP contribution in [0.4, 0.5) is 0 Å². The standard InChI is InChI=1S/C19H26N2O3S/c1-14-17(10-21-9-3-8-19(11-21,12-22)13-23)20-18(24-14)15-4-6-16(25-2)7-5-15/h4-7,22-23H,3,8-13H2,1-2H3. The monoisotopic (exact) mass is 362 g/mol. The Hall–Kier alpha value is -1.34. The Bertz CT molecular complexity index is 695. The van der Waals surface area contributed by atoms with Crippen LogP contribution in [0.3, 0.4) is 0 Å². The van der Waals surface area contributed by atoms with E-state index in [2.05, 4.69) is 28.3 Å². The number of rotatable bonds is 6. The molecule has 0 atom stereocenters. The van der Waals surface area contributed by atoms with Gasteiger partial charge in [0.25, 0.3) is 0 Å². The molecule has 1 aromatic carbocycles. The third kappa shape index (κ3) is 4.08. The highest BCUT2D eigenvalue weighted by Gasteiger charge is 2.34. The number of likely N-dealkylation sites (tertiary alicyclic amines) is 1. The second-order valence-electron chi connectivity index (χ2n) is 6.88. The van der Waals surface area contributed by atoms with Gasteiger partial charge in [-0.1, -0.05) is 0 Å². The van der Waals surface area contributed by atoms with Crippen LogP contribution in [0.25, 0.3) is 11.5 Å². The predicted octanol–water partition coefficient (Wildman–Crippen LogP) is 2.94. The first-order valence-corrected chi connectivity index (χ1v) is 9.86. The van der Waals surface area contributed by atoms with Gasteiger partial charge in [0.15, 0.2) is 0 Å². The molecule has 136 valence electrons. The van der Waals surface area contributed by atoms with Crippen molar-refractivity contribution >= 4 is 11.8 Å². The minimum Gasteiger partial charge on any atom is -0.441 e. The van der Waals surface area contributed by atoms with E-state index in [1.54, 1.807) is 11.8 Å². The second-order valence-corrected chi connectivity index (χ2v) is 7.76. The van der Waals surface area contributed by atoms with Crippen molar-refractivity contribution in [3.63, 3.8) is 0 Å². The number of aryl methyl sites for hydroxylation is 1. The Balaban J connectivity index is 1.74. The van der Waals surface area contributed by atoms with Gasteiger partial charge in [0.05, 0.1) is 18.9 Å². The summed E-state index contributed by atoms with van der Waals surface area (Å²) in [5.41, 5.74) is 1.51. The molecule has 6 heteroatoms. The normalized spacial score (nSPS) is 17.8. The molecule has 0 bridgehead atoms. The molecule has 1 saturated heterocycles. The molecule has 3 rings (SSSR count). The Morgan fingerprint density at radius 2 is 1.96 bits per heavy atom. The van der Waals surface area contributed by atoms with E-state index in [0.29, 0.717) is 19.0 Å². The summed E-state index contributed by atoms with van der Waals surface area (Å²) < 4.78 is 5.88. The maximum absolute atomic E-state index is 9.65. The number of oxazole rings is 1. The summed E-state index contributed by atoms with van der Waals surface area (Å²) in [6, 6.07) is 8.20. The van der Waals surface area contributed by atoms with Crippen molar-refractivity contribution in [2.75, 3.05) is 32.6 Å². The van der Waals surface area contributed by atoms with Gasteiger partial charge >= 0.3 is 0 Å². The number of aliphatic hydroxyl groups excluding tert-OH is 2. The molecule has 2 N–H and O–H groups in total. The number of aliphatic hydroxyl groups is 2. The lowest BCUT2D eigenvalue weighted by Gasteiger charge is -2.40. The van der Waals surface area contributed by atoms with Crippen molar-refractivity contribution in [1.82, 2.24) is 9.88 Å². The van der Waals surface area contributed by atoms with E-state index in [-0.39, 0.29) is 13.2 Å². The SMILES string of the molecule is CSc1ccc(-c2nc(CN3CCCC(CO)(CO)C3)c(C)o2)cc1. The van der Waals surface area contributed by atoms with Gasteiger partial charge in [-0.05, 0) is 56.8 Å². The zero-order valence-electron chi connectivity index (χ0n) is 14.9. The molecule has 1 fully saturated rings. The summed E-state index contributed by atoms with van der Waals surface area (Å²) in [4.78, 5) is 8.15. The molecular weight excluding hydrogens is 336 g/mol. The lowest BCUT2D eigenvalue weighted by atomic mass is 9.81. The summed E-state index contributed by atoms with van der Waals surface area (Å²) in [7, 11) is 0. The fraction of sp³-hybridized carbons (Fsp3) is 0.526. The van der Waals surface area contributed by atoms with Gasteiger partial charge in [-0.3, -0.25) is 4.90 Å². The molecule has 0 unspecified atom stereocenters. The number of hydrogen-bond donors (Lipinski definition) is 2. The van der Waals surface area contributed by atoms with Crippen molar-refractivity contribution in [1.29, 1.82) is 0 Å². The Labute approximate surface area is 153 Å². The number of benzene rings is 1. The lowest BCUT2D eigenvalue weighted by molar-refractivity contribution is -0.0136. The van der Waals surface area contributed by atoms with E-state index in [1.807, 2.05) is 19.1 Å². The van der Waals surface area contributed by atoms with Gasteiger partial charge in [0.1, 0.15) is 5.76 Å². The average Bonchev–Trinajstić information content (AvgIpc) is 3.02. The third-order valence-corrected chi connectivity index (χ3v) is 5.76. The van der Waals surface area contributed by atoms with Crippen LogP contribution in [0.1, 0.15) is 24.3 Å². The summed E-state index contributed by atoms with van der Waals surface area (Å²) >= 11 is 1.71. The van der Waals surface area contributed by atoms with Crippen LogP contribution < -0.4 is 0 Å². The van der Waals surface area contributed by atoms with E-state index in [4.69, 9.17) is 4.42 Å². The number of hydrogen-bond acceptors (Lipinski definition) is 6. The minimum absolute atomic E-state index is 0.0187. The molecule has 0 amide bonds. The average molecular weight is 362 g/mol. The molecule has 5 nitrogen and oxygen atoms in total. The highest BCUT2D eigenvalue weighted by molar-refractivity contribution is 7.98. The molecule has 0 radical (unpaired) electrons. The molecule has 1 aliphatic rings. The maximum Gasteiger partial charge on any atom is 0.226 e. The van der Waals surface area contributed by atoms with Crippen molar-refractivity contribution in [3.8, 4) is 11.5 Å². The van der Waals surface area contributed by atoms with Crippen LogP contribution in [0.15, 0.2) is 33.6 Å². The maximum atomic E-state index is 9.65. The van der Waals surface area contributed by atoms with Crippen molar-refractivity contribution in [2.45, 2.75) is 31.2 Å². The molecule has 2 aromatic rings. The molecule has 0 spiro atoms. The predicted molar refractivity (Wildman–Crippen MR) is 99.6 cm³/mol. The zero-order chi connectivity index (χ0) is 17.9. The molecule has 0 aliphatic carbocycles. The number of aromatic nitrogens is 1. The number of nitrogens with zero attached hydrogens (tertiary/aromatic N) is 2. The zero-order valence-corrected chi connectivity index (χ0v) is 15.7. The quantitative estimate of drug-likeness (QED) is 0.770. The summed E-state index contributed by atoms with van der Waals surface area (Å²) in [5.74, 6) is 1.47. The number of piperidine rings is 1. The van der Waals surface area contributed by atoms with E-state index in [1.165, 1.54) is 4.90 Å². The smallest absolute Gasteiger partial charge is 0.226 e. The van der Waals surface area contributed by atoms with Gasteiger partial charge in [-0.25, -0.2) is 4.98 Å². The summed E-state index contributed by atoms with van der Waals surface area (Å²) in [5, 5.41) is 19.3. The van der Waals surface area contributed by atoms with Crippen LogP contribution >= 0.6 is 11.8 Å². The molecule has 25 heavy (non-hydrogen) atoms. The first-order valence-electron chi connectivity index (χ1n) is 8.64. The molecule has 1 aromatic heterocycles. The molecule has 0 saturated carbocycles. The topological polar surface area (TPSA) is 69.7 Å². The largest absolute Gasteiger partial charge is 0.441 e. The number of thioether (sulfide) groups is 1. The van der Waals surface area contributed by atoms with Crippen LogP contribution in [-0.2, 0) is 6.54 Å². The first-order chi connectivity index (χ1) is 12.1. The van der Waals surface area contributed by atoms with Crippen LogP contribution in [0.2, 0.25) is 0 Å². The highest BCUT2D eigenvalue weighted by Crippen LogP contribution is 2.31. The van der Waals surface area contributed by atoms with E-state index in [0.717, 1.165) is 36.4 Å². The van der Waals surface area contributed by atoms with E-state index >= 15 is 0 Å².